The van der Waals surface area contributed by atoms with Crippen LogP contribution in [0.3, 0.4) is 0 Å². The van der Waals surface area contributed by atoms with Gasteiger partial charge in [-0.05, 0) is 66.5 Å². The average Bonchev–Trinajstić information content (AvgIpc) is 3.45. The van der Waals surface area contributed by atoms with Gasteiger partial charge < -0.3 is 9.15 Å². The fourth-order valence-electron chi connectivity index (χ4n) is 6.70. The van der Waals surface area contributed by atoms with E-state index in [1.54, 1.807) is 6.07 Å². The molecule has 1 atom stereocenters. The first kappa shape index (κ1) is 27.4. The first-order chi connectivity index (χ1) is 17.6. The number of fused-ring (bicyclic) bond motifs is 2. The number of carbonyl (C=O) groups is 1. The smallest absolute Gasteiger partial charge is 0.373 e. The van der Waals surface area contributed by atoms with Gasteiger partial charge in [-0.25, -0.2) is 4.79 Å². The summed E-state index contributed by atoms with van der Waals surface area (Å²) in [6, 6.07) is 3.48. The molecule has 2 heterocycles. The Morgan fingerprint density at radius 1 is 1.14 bits per heavy atom. The first-order valence-corrected chi connectivity index (χ1v) is 14.2. The third-order valence-electron chi connectivity index (χ3n) is 8.09. The Bertz CT molecular complexity index is 1180. The summed E-state index contributed by atoms with van der Waals surface area (Å²) >= 11 is 0. The van der Waals surface area contributed by atoms with E-state index < -0.39 is 5.97 Å². The van der Waals surface area contributed by atoms with Crippen molar-refractivity contribution in [2.75, 3.05) is 7.11 Å². The minimum Gasteiger partial charge on any atom is -0.463 e. The molecule has 37 heavy (non-hydrogen) atoms. The van der Waals surface area contributed by atoms with Crippen molar-refractivity contribution in [1.82, 2.24) is 0 Å². The highest BCUT2D eigenvalue weighted by atomic mass is 16.5. The highest BCUT2D eigenvalue weighted by Crippen LogP contribution is 2.54. The molecule has 200 valence electrons. The number of hydrogen-bond donors (Lipinski definition) is 0. The predicted molar refractivity (Wildman–Crippen MR) is 153 cm³/mol. The molecule has 1 fully saturated rings. The van der Waals surface area contributed by atoms with E-state index in [-0.39, 0.29) is 16.6 Å². The molecule has 3 aliphatic rings. The van der Waals surface area contributed by atoms with E-state index in [1.165, 1.54) is 68.9 Å². The number of nitrogens with zero attached hydrogens (tertiary/aromatic N) is 1. The predicted octanol–water partition coefficient (Wildman–Crippen LogP) is 9.26. The summed E-state index contributed by atoms with van der Waals surface area (Å²) in [7, 11) is 1.36. The van der Waals surface area contributed by atoms with Crippen molar-refractivity contribution in [2.24, 2.45) is 21.7 Å². The number of esters is 1. The molecular weight excluding hydrogens is 458 g/mol. The molecule has 0 amide bonds. The maximum atomic E-state index is 11.8. The standard InChI is InChI=1S/C33H45NO3/c1-8-9-10-11-12-13-14-23-15-17-25(22(2)19-24-16-18-27(37-24)31(35)36-7)29-28(23)26-20-32(3,4)21-33(5,6)30(26)34-29/h15-19,23H,8-14,20-21H2,1-7H3/b22-19+. The molecule has 1 aliphatic heterocycles. The lowest BCUT2D eigenvalue weighted by Gasteiger charge is -2.42. The summed E-state index contributed by atoms with van der Waals surface area (Å²) in [5.41, 5.74) is 7.97. The zero-order valence-electron chi connectivity index (χ0n) is 24.0. The Kier molecular flexibility index (Phi) is 8.16. The van der Waals surface area contributed by atoms with Crippen LogP contribution in [-0.2, 0) is 4.74 Å². The largest absolute Gasteiger partial charge is 0.463 e. The lowest BCUT2D eigenvalue weighted by molar-refractivity contribution is 0.0564. The fourth-order valence-corrected chi connectivity index (χ4v) is 6.70. The third-order valence-corrected chi connectivity index (χ3v) is 8.09. The summed E-state index contributed by atoms with van der Waals surface area (Å²) in [5, 5.41) is 0. The van der Waals surface area contributed by atoms with Crippen molar-refractivity contribution in [2.45, 2.75) is 99.3 Å². The monoisotopic (exact) mass is 503 g/mol. The highest BCUT2D eigenvalue weighted by molar-refractivity contribution is 6.09. The highest BCUT2D eigenvalue weighted by Gasteiger charge is 2.46. The van der Waals surface area contributed by atoms with Crippen LogP contribution in [0.5, 0.6) is 0 Å². The molecule has 1 aromatic rings. The van der Waals surface area contributed by atoms with E-state index in [2.05, 4.69) is 53.7 Å². The van der Waals surface area contributed by atoms with E-state index in [1.807, 2.05) is 12.1 Å². The van der Waals surface area contributed by atoms with E-state index in [0.717, 1.165) is 29.7 Å². The van der Waals surface area contributed by atoms with E-state index in [4.69, 9.17) is 14.1 Å². The van der Waals surface area contributed by atoms with Gasteiger partial charge in [0.25, 0.3) is 0 Å². The van der Waals surface area contributed by atoms with Gasteiger partial charge in [-0.15, -0.1) is 0 Å². The lowest BCUT2D eigenvalue weighted by Crippen LogP contribution is -2.37. The van der Waals surface area contributed by atoms with Crippen LogP contribution >= 0.6 is 0 Å². The van der Waals surface area contributed by atoms with Crippen molar-refractivity contribution < 1.29 is 13.9 Å². The van der Waals surface area contributed by atoms with Gasteiger partial charge in [-0.1, -0.05) is 85.3 Å². The summed E-state index contributed by atoms with van der Waals surface area (Å²) in [4.78, 5) is 17.2. The Balaban J connectivity index is 1.68. The van der Waals surface area contributed by atoms with Gasteiger partial charge in [0.2, 0.25) is 5.76 Å². The maximum Gasteiger partial charge on any atom is 0.373 e. The number of methoxy groups -OCH3 is 1. The maximum absolute atomic E-state index is 11.8. The number of hydrogen-bond acceptors (Lipinski definition) is 4. The van der Waals surface area contributed by atoms with Crippen LogP contribution < -0.4 is 0 Å². The molecule has 0 saturated heterocycles. The number of allylic oxidation sites excluding steroid dienone is 6. The summed E-state index contributed by atoms with van der Waals surface area (Å²) < 4.78 is 10.5. The number of carbonyl (C=O) groups excluding carboxylic acids is 1. The molecule has 4 nitrogen and oxygen atoms in total. The Hall–Kier alpha value is -2.62. The number of rotatable bonds is 10. The second-order valence-corrected chi connectivity index (χ2v) is 12.6. The average molecular weight is 504 g/mol. The Labute approximate surface area is 223 Å². The normalized spacial score (nSPS) is 22.2. The first-order valence-electron chi connectivity index (χ1n) is 14.2. The topological polar surface area (TPSA) is 51.8 Å². The molecule has 1 saturated carbocycles. The summed E-state index contributed by atoms with van der Waals surface area (Å²) in [6.07, 6.45) is 18.0. The second kappa shape index (κ2) is 11.0. The van der Waals surface area contributed by atoms with Crippen molar-refractivity contribution >= 4 is 17.8 Å². The number of aliphatic imine (C=N–C) groups is 1. The van der Waals surface area contributed by atoms with Gasteiger partial charge in [-0.3, -0.25) is 4.99 Å². The number of ether oxygens (including phenoxy) is 1. The lowest BCUT2D eigenvalue weighted by atomic mass is 9.61. The second-order valence-electron chi connectivity index (χ2n) is 12.6. The zero-order valence-corrected chi connectivity index (χ0v) is 24.0. The van der Waals surface area contributed by atoms with Gasteiger partial charge >= 0.3 is 5.97 Å². The number of furan rings is 1. The van der Waals surface area contributed by atoms with Crippen LogP contribution in [0.1, 0.15) is 116 Å². The van der Waals surface area contributed by atoms with E-state index in [9.17, 15) is 4.79 Å². The molecule has 0 radical (unpaired) electrons. The quantitative estimate of drug-likeness (QED) is 0.236. The fraction of sp³-hybridized carbons (Fsp3) is 0.576. The minimum absolute atomic E-state index is 0.0539. The van der Waals surface area contributed by atoms with Gasteiger partial charge in [0.15, 0.2) is 0 Å². The molecule has 2 aliphatic carbocycles. The van der Waals surface area contributed by atoms with Crippen LogP contribution in [0, 0.1) is 16.7 Å². The van der Waals surface area contributed by atoms with Crippen LogP contribution in [0.25, 0.3) is 6.08 Å². The third kappa shape index (κ3) is 5.94. The van der Waals surface area contributed by atoms with Crippen LogP contribution in [0.4, 0.5) is 0 Å². The van der Waals surface area contributed by atoms with Crippen LogP contribution in [0.15, 0.2) is 61.7 Å². The molecular formula is C33H45NO3. The summed E-state index contributed by atoms with van der Waals surface area (Å²) in [5.74, 6) is 0.828. The SMILES string of the molecule is CCCCCCCCC1C=CC(/C(C)=C/c2ccc(C(=O)OC)o2)=C2N=C3C(=C21)CC(C)(C)CC3(C)C. The van der Waals surface area contributed by atoms with Crippen molar-refractivity contribution in [3.05, 3.63) is 63.8 Å². The Morgan fingerprint density at radius 3 is 2.59 bits per heavy atom. The van der Waals surface area contributed by atoms with E-state index >= 15 is 0 Å². The van der Waals surface area contributed by atoms with Crippen molar-refractivity contribution in [3.63, 3.8) is 0 Å². The molecule has 0 bridgehead atoms. The molecule has 1 unspecified atom stereocenters. The zero-order chi connectivity index (χ0) is 26.8. The van der Waals surface area contributed by atoms with Gasteiger partial charge in [0.1, 0.15) is 5.76 Å². The molecule has 1 aromatic heterocycles. The Morgan fingerprint density at radius 2 is 1.86 bits per heavy atom. The molecule has 0 aromatic carbocycles. The molecule has 4 rings (SSSR count). The van der Waals surface area contributed by atoms with E-state index in [0.29, 0.717) is 11.7 Å². The van der Waals surface area contributed by atoms with Crippen molar-refractivity contribution in [3.8, 4) is 0 Å². The van der Waals surface area contributed by atoms with Gasteiger partial charge in [-0.2, -0.15) is 0 Å². The number of unbranched alkanes of at least 4 members (excludes halogenated alkanes) is 5. The van der Waals surface area contributed by atoms with Gasteiger partial charge in [0.05, 0.1) is 18.5 Å². The van der Waals surface area contributed by atoms with Crippen molar-refractivity contribution in [1.29, 1.82) is 0 Å². The van der Waals surface area contributed by atoms with Crippen LogP contribution in [0.2, 0.25) is 0 Å². The van der Waals surface area contributed by atoms with Gasteiger partial charge in [0, 0.05) is 16.9 Å². The molecule has 0 spiro atoms. The van der Waals surface area contributed by atoms with Crippen LogP contribution in [-0.4, -0.2) is 18.8 Å². The molecule has 0 N–H and O–H groups in total. The summed E-state index contributed by atoms with van der Waals surface area (Å²) in [6.45, 7) is 13.9. The molecule has 4 heteroatoms. The minimum atomic E-state index is -0.461.